The molecule has 0 radical (unpaired) electrons. The van der Waals surface area contributed by atoms with E-state index in [4.69, 9.17) is 21.4 Å². The molecule has 27 heavy (non-hydrogen) atoms. The molecule has 0 heterocycles. The minimum absolute atomic E-state index is 0.180. The summed E-state index contributed by atoms with van der Waals surface area (Å²) in [5.41, 5.74) is 2.10. The number of benzene rings is 2. The van der Waals surface area contributed by atoms with Crippen LogP contribution in [0.4, 0.5) is 0 Å². The van der Waals surface area contributed by atoms with Crippen molar-refractivity contribution in [1.82, 2.24) is 5.32 Å². The molecule has 0 fully saturated rings. The van der Waals surface area contributed by atoms with E-state index in [0.29, 0.717) is 35.3 Å². The van der Waals surface area contributed by atoms with Crippen molar-refractivity contribution >= 4 is 23.5 Å². The number of hydrogen-bond donors (Lipinski definition) is 2. The number of nitrogens with one attached hydrogen (secondary N) is 1. The van der Waals surface area contributed by atoms with E-state index < -0.39 is 5.97 Å². The number of rotatable bonds is 8. The van der Waals surface area contributed by atoms with Gasteiger partial charge in [0, 0.05) is 17.2 Å². The van der Waals surface area contributed by atoms with Gasteiger partial charge in [0.25, 0.3) is 5.91 Å². The second kappa shape index (κ2) is 9.53. The van der Waals surface area contributed by atoms with Crippen LogP contribution in [0.5, 0.6) is 0 Å². The molecule has 1 atom stereocenters. The number of carbonyl (C=O) groups excluding carboxylic acids is 1. The number of carboxylic acid groups (broad SMARTS) is 1. The molecular weight excluding hydrogens is 366 g/mol. The summed E-state index contributed by atoms with van der Waals surface area (Å²) in [5.74, 6) is -0.889. The van der Waals surface area contributed by atoms with Crippen LogP contribution in [-0.4, -0.2) is 23.6 Å². The zero-order valence-corrected chi connectivity index (χ0v) is 16.4. The van der Waals surface area contributed by atoms with Crippen LogP contribution >= 0.6 is 11.6 Å². The van der Waals surface area contributed by atoms with Gasteiger partial charge in [-0.3, -0.25) is 4.79 Å². The molecule has 144 valence electrons. The summed E-state index contributed by atoms with van der Waals surface area (Å²) in [4.78, 5) is 23.9. The van der Waals surface area contributed by atoms with Crippen molar-refractivity contribution in [2.75, 3.05) is 6.61 Å². The van der Waals surface area contributed by atoms with Crippen LogP contribution in [0.2, 0.25) is 5.02 Å². The Morgan fingerprint density at radius 3 is 2.56 bits per heavy atom. The SMILES string of the molecule is CC(C)COCc1ccc(Cl)cc1C(=O)N[C@@H](C)c1cccc(C(=O)O)c1. The smallest absolute Gasteiger partial charge is 0.335 e. The summed E-state index contributed by atoms with van der Waals surface area (Å²) in [5, 5.41) is 12.5. The number of hydrogen-bond acceptors (Lipinski definition) is 3. The standard InChI is InChI=1S/C21H24ClNO4/c1-13(2)11-27-12-17-7-8-18(22)10-19(17)20(24)23-14(3)15-5-4-6-16(9-15)21(25)26/h4-10,13-14H,11-12H2,1-3H3,(H,23,24)(H,25,26)/t14-/m0/s1. The highest BCUT2D eigenvalue weighted by Gasteiger charge is 2.17. The lowest BCUT2D eigenvalue weighted by Gasteiger charge is -2.17. The highest BCUT2D eigenvalue weighted by molar-refractivity contribution is 6.31. The van der Waals surface area contributed by atoms with E-state index in [-0.39, 0.29) is 17.5 Å². The van der Waals surface area contributed by atoms with E-state index >= 15 is 0 Å². The third-order valence-electron chi connectivity index (χ3n) is 4.01. The average Bonchev–Trinajstić information content (AvgIpc) is 2.62. The fourth-order valence-electron chi connectivity index (χ4n) is 2.59. The van der Waals surface area contributed by atoms with Crippen LogP contribution in [0.15, 0.2) is 42.5 Å². The van der Waals surface area contributed by atoms with Crippen LogP contribution in [0.1, 0.15) is 58.7 Å². The minimum Gasteiger partial charge on any atom is -0.478 e. The van der Waals surface area contributed by atoms with Crippen molar-refractivity contribution in [3.8, 4) is 0 Å². The zero-order chi connectivity index (χ0) is 20.0. The molecule has 0 saturated heterocycles. The lowest BCUT2D eigenvalue weighted by Crippen LogP contribution is -2.28. The van der Waals surface area contributed by atoms with E-state index in [1.54, 1.807) is 43.3 Å². The van der Waals surface area contributed by atoms with Crippen molar-refractivity contribution in [1.29, 1.82) is 0 Å². The second-order valence-corrected chi connectivity index (χ2v) is 7.27. The molecule has 0 unspecified atom stereocenters. The molecular formula is C21H24ClNO4. The van der Waals surface area contributed by atoms with E-state index in [9.17, 15) is 9.59 Å². The molecule has 0 saturated carbocycles. The molecule has 2 N–H and O–H groups in total. The first-order chi connectivity index (χ1) is 12.8. The van der Waals surface area contributed by atoms with Gasteiger partial charge in [-0.05, 0) is 48.2 Å². The first-order valence-corrected chi connectivity index (χ1v) is 9.16. The maximum Gasteiger partial charge on any atom is 0.335 e. The van der Waals surface area contributed by atoms with Gasteiger partial charge in [-0.1, -0.05) is 43.6 Å². The number of ether oxygens (including phenoxy) is 1. The summed E-state index contributed by atoms with van der Waals surface area (Å²) < 4.78 is 5.66. The van der Waals surface area contributed by atoms with Gasteiger partial charge in [-0.2, -0.15) is 0 Å². The molecule has 2 aromatic rings. The third kappa shape index (κ3) is 6.08. The predicted molar refractivity (Wildman–Crippen MR) is 105 cm³/mol. The Bertz CT molecular complexity index is 820. The Balaban J connectivity index is 2.15. The molecule has 2 rings (SSSR count). The first-order valence-electron chi connectivity index (χ1n) is 8.78. The van der Waals surface area contributed by atoms with E-state index in [0.717, 1.165) is 5.56 Å². The van der Waals surface area contributed by atoms with Crippen molar-refractivity contribution in [2.45, 2.75) is 33.4 Å². The highest BCUT2D eigenvalue weighted by atomic mass is 35.5. The van der Waals surface area contributed by atoms with Crippen molar-refractivity contribution in [3.05, 3.63) is 69.7 Å². The molecule has 0 bridgehead atoms. The normalized spacial score (nSPS) is 12.0. The Morgan fingerprint density at radius 1 is 1.15 bits per heavy atom. The summed E-state index contributed by atoms with van der Waals surface area (Å²) in [7, 11) is 0. The van der Waals surface area contributed by atoms with Gasteiger partial charge >= 0.3 is 5.97 Å². The number of halogens is 1. The van der Waals surface area contributed by atoms with Gasteiger partial charge in [-0.15, -0.1) is 0 Å². The fraction of sp³-hybridized carbons (Fsp3) is 0.333. The summed E-state index contributed by atoms with van der Waals surface area (Å²) in [6.45, 7) is 6.84. The quantitative estimate of drug-likeness (QED) is 0.686. The van der Waals surface area contributed by atoms with Crippen LogP contribution < -0.4 is 5.32 Å². The van der Waals surface area contributed by atoms with Crippen LogP contribution in [0, 0.1) is 5.92 Å². The minimum atomic E-state index is -1.00. The summed E-state index contributed by atoms with van der Waals surface area (Å²) >= 11 is 6.07. The van der Waals surface area contributed by atoms with Crippen LogP contribution in [0.3, 0.4) is 0 Å². The molecule has 0 aliphatic carbocycles. The van der Waals surface area contributed by atoms with Gasteiger partial charge < -0.3 is 15.2 Å². The molecule has 0 aromatic heterocycles. The summed E-state index contributed by atoms with van der Waals surface area (Å²) in [6.07, 6.45) is 0. The molecule has 5 nitrogen and oxygen atoms in total. The Kier molecular flexibility index (Phi) is 7.39. The lowest BCUT2D eigenvalue weighted by molar-refractivity contribution is 0.0696. The third-order valence-corrected chi connectivity index (χ3v) is 4.24. The van der Waals surface area contributed by atoms with E-state index in [2.05, 4.69) is 19.2 Å². The maximum absolute atomic E-state index is 12.8. The van der Waals surface area contributed by atoms with Gasteiger partial charge in [0.1, 0.15) is 0 Å². The number of carboxylic acids is 1. The number of aromatic carboxylic acids is 1. The Hall–Kier alpha value is -2.37. The first kappa shape index (κ1) is 20.9. The zero-order valence-electron chi connectivity index (χ0n) is 15.7. The monoisotopic (exact) mass is 389 g/mol. The van der Waals surface area contributed by atoms with Gasteiger partial charge in [0.2, 0.25) is 0 Å². The average molecular weight is 390 g/mol. The van der Waals surface area contributed by atoms with Crippen LogP contribution in [0.25, 0.3) is 0 Å². The molecule has 6 heteroatoms. The molecule has 1 amide bonds. The predicted octanol–water partition coefficient (Wildman–Crippen LogP) is 4.70. The van der Waals surface area contributed by atoms with Crippen molar-refractivity contribution < 1.29 is 19.4 Å². The van der Waals surface area contributed by atoms with Gasteiger partial charge in [-0.25, -0.2) is 4.79 Å². The topological polar surface area (TPSA) is 75.6 Å². The Labute approximate surface area is 164 Å². The highest BCUT2D eigenvalue weighted by Crippen LogP contribution is 2.20. The molecule has 0 aliphatic heterocycles. The fourth-order valence-corrected chi connectivity index (χ4v) is 2.76. The van der Waals surface area contributed by atoms with E-state index in [1.807, 2.05) is 0 Å². The molecule has 0 aliphatic rings. The van der Waals surface area contributed by atoms with Crippen LogP contribution in [-0.2, 0) is 11.3 Å². The number of carbonyl (C=O) groups is 2. The van der Waals surface area contributed by atoms with Gasteiger partial charge in [0.05, 0.1) is 18.2 Å². The number of amides is 1. The van der Waals surface area contributed by atoms with Crippen molar-refractivity contribution in [3.63, 3.8) is 0 Å². The van der Waals surface area contributed by atoms with Crippen molar-refractivity contribution in [2.24, 2.45) is 5.92 Å². The maximum atomic E-state index is 12.8. The lowest BCUT2D eigenvalue weighted by atomic mass is 10.0. The summed E-state index contributed by atoms with van der Waals surface area (Å²) in [6, 6.07) is 11.3. The largest absolute Gasteiger partial charge is 0.478 e. The molecule has 2 aromatic carbocycles. The Morgan fingerprint density at radius 2 is 1.89 bits per heavy atom. The molecule has 0 spiro atoms. The van der Waals surface area contributed by atoms with Gasteiger partial charge in [0.15, 0.2) is 0 Å². The van der Waals surface area contributed by atoms with E-state index in [1.165, 1.54) is 6.07 Å². The second-order valence-electron chi connectivity index (χ2n) is 6.84.